The van der Waals surface area contributed by atoms with E-state index in [-0.39, 0.29) is 11.9 Å². The maximum absolute atomic E-state index is 12.0. The number of esters is 1. The smallest absolute Gasteiger partial charge is 0.309 e. The second-order valence-corrected chi connectivity index (χ2v) is 6.85. The van der Waals surface area contributed by atoms with Crippen molar-refractivity contribution in [3.05, 3.63) is 42.7 Å². The molecule has 146 valence electrons. The standard InChI is InChI=1S/C21H24N4O3/c1-3-28-21(26)16-8-11-24(12-9-16)20-19-14-18(23-25(19)13-10-22-20)15-4-6-17(27-2)7-5-15/h4-7,10,13-14,16H,3,8-9,11-12H2,1-2H3. The molecule has 7 nitrogen and oxygen atoms in total. The summed E-state index contributed by atoms with van der Waals surface area (Å²) in [6, 6.07) is 9.91. The predicted molar refractivity (Wildman–Crippen MR) is 107 cm³/mol. The lowest BCUT2D eigenvalue weighted by Crippen LogP contribution is -2.37. The highest BCUT2D eigenvalue weighted by Crippen LogP contribution is 2.29. The first-order valence-corrected chi connectivity index (χ1v) is 9.60. The zero-order valence-electron chi connectivity index (χ0n) is 16.2. The minimum absolute atomic E-state index is 0.0179. The lowest BCUT2D eigenvalue weighted by atomic mass is 9.97. The number of benzene rings is 1. The van der Waals surface area contributed by atoms with E-state index in [2.05, 4.69) is 16.0 Å². The Morgan fingerprint density at radius 1 is 1.21 bits per heavy atom. The summed E-state index contributed by atoms with van der Waals surface area (Å²) < 4.78 is 12.3. The monoisotopic (exact) mass is 380 g/mol. The molecular weight excluding hydrogens is 356 g/mol. The molecule has 2 aromatic heterocycles. The maximum atomic E-state index is 12.0. The summed E-state index contributed by atoms with van der Waals surface area (Å²) in [5, 5.41) is 4.70. The molecule has 1 saturated heterocycles. The summed E-state index contributed by atoms with van der Waals surface area (Å²) >= 11 is 0. The Morgan fingerprint density at radius 3 is 2.64 bits per heavy atom. The van der Waals surface area contributed by atoms with E-state index in [4.69, 9.17) is 14.6 Å². The number of methoxy groups -OCH3 is 1. The van der Waals surface area contributed by atoms with E-state index in [1.807, 2.05) is 41.9 Å². The van der Waals surface area contributed by atoms with Crippen molar-refractivity contribution in [2.24, 2.45) is 5.92 Å². The van der Waals surface area contributed by atoms with E-state index in [0.29, 0.717) is 6.61 Å². The third kappa shape index (κ3) is 3.52. The van der Waals surface area contributed by atoms with Crippen molar-refractivity contribution in [2.45, 2.75) is 19.8 Å². The molecule has 7 heteroatoms. The summed E-state index contributed by atoms with van der Waals surface area (Å²) in [4.78, 5) is 18.8. The van der Waals surface area contributed by atoms with Gasteiger partial charge in [-0.3, -0.25) is 4.79 Å². The number of rotatable bonds is 5. The molecule has 0 amide bonds. The Morgan fingerprint density at radius 2 is 1.96 bits per heavy atom. The van der Waals surface area contributed by atoms with Crippen molar-refractivity contribution in [2.75, 3.05) is 31.7 Å². The first kappa shape index (κ1) is 18.3. The van der Waals surface area contributed by atoms with Gasteiger partial charge >= 0.3 is 5.97 Å². The average Bonchev–Trinajstić information content (AvgIpc) is 3.18. The Labute approximate surface area is 163 Å². The Hall–Kier alpha value is -3.09. The molecule has 28 heavy (non-hydrogen) atoms. The molecular formula is C21H24N4O3. The molecule has 1 fully saturated rings. The maximum Gasteiger partial charge on any atom is 0.309 e. The molecule has 0 N–H and O–H groups in total. The van der Waals surface area contributed by atoms with Gasteiger partial charge < -0.3 is 14.4 Å². The van der Waals surface area contributed by atoms with E-state index in [1.165, 1.54) is 0 Å². The van der Waals surface area contributed by atoms with E-state index in [9.17, 15) is 4.79 Å². The van der Waals surface area contributed by atoms with E-state index in [1.54, 1.807) is 13.3 Å². The van der Waals surface area contributed by atoms with Crippen molar-refractivity contribution in [3.63, 3.8) is 0 Å². The molecule has 3 heterocycles. The molecule has 3 aromatic rings. The van der Waals surface area contributed by atoms with Crippen LogP contribution < -0.4 is 9.64 Å². The zero-order chi connectivity index (χ0) is 19.5. The lowest BCUT2D eigenvalue weighted by Gasteiger charge is -2.31. The van der Waals surface area contributed by atoms with E-state index < -0.39 is 0 Å². The molecule has 0 spiro atoms. The Kier molecular flexibility index (Phi) is 5.14. The fourth-order valence-electron chi connectivity index (χ4n) is 3.64. The largest absolute Gasteiger partial charge is 0.497 e. The van der Waals surface area contributed by atoms with Gasteiger partial charge in [0.15, 0.2) is 5.82 Å². The molecule has 1 aromatic carbocycles. The van der Waals surface area contributed by atoms with Gasteiger partial charge in [-0.1, -0.05) is 0 Å². The van der Waals surface area contributed by atoms with Crippen LogP contribution >= 0.6 is 0 Å². The number of fused-ring (bicyclic) bond motifs is 1. The van der Waals surface area contributed by atoms with Crippen molar-refractivity contribution in [1.82, 2.24) is 14.6 Å². The molecule has 0 unspecified atom stereocenters. The molecule has 0 saturated carbocycles. The number of carbonyl (C=O) groups excluding carboxylic acids is 1. The highest BCUT2D eigenvalue weighted by Gasteiger charge is 2.27. The van der Waals surface area contributed by atoms with Crippen LogP contribution in [0.25, 0.3) is 16.8 Å². The highest BCUT2D eigenvalue weighted by atomic mass is 16.5. The topological polar surface area (TPSA) is 69.0 Å². The van der Waals surface area contributed by atoms with Crippen molar-refractivity contribution in [3.8, 4) is 17.0 Å². The average molecular weight is 380 g/mol. The highest BCUT2D eigenvalue weighted by molar-refractivity contribution is 5.76. The van der Waals surface area contributed by atoms with Crippen molar-refractivity contribution < 1.29 is 14.3 Å². The number of ether oxygens (including phenoxy) is 2. The van der Waals surface area contributed by atoms with E-state index in [0.717, 1.165) is 54.3 Å². The number of carbonyl (C=O) groups is 1. The number of hydrogen-bond donors (Lipinski definition) is 0. The fourth-order valence-corrected chi connectivity index (χ4v) is 3.64. The number of aromatic nitrogens is 3. The molecule has 0 radical (unpaired) electrons. The van der Waals surface area contributed by atoms with Gasteiger partial charge in [-0.15, -0.1) is 0 Å². The number of hydrogen-bond acceptors (Lipinski definition) is 6. The van der Waals surface area contributed by atoms with Crippen LogP contribution in [-0.4, -0.2) is 47.4 Å². The fraction of sp³-hybridized carbons (Fsp3) is 0.381. The third-order valence-electron chi connectivity index (χ3n) is 5.17. The molecule has 0 atom stereocenters. The van der Waals surface area contributed by atoms with Gasteiger partial charge in [-0.25, -0.2) is 9.50 Å². The zero-order valence-corrected chi connectivity index (χ0v) is 16.2. The summed E-state index contributed by atoms with van der Waals surface area (Å²) in [5.41, 5.74) is 2.87. The second-order valence-electron chi connectivity index (χ2n) is 6.85. The van der Waals surface area contributed by atoms with E-state index >= 15 is 0 Å². The summed E-state index contributed by atoms with van der Waals surface area (Å²) in [6.07, 6.45) is 5.18. The first-order valence-electron chi connectivity index (χ1n) is 9.60. The Bertz CT molecular complexity index is 959. The predicted octanol–water partition coefficient (Wildman–Crippen LogP) is 3.18. The normalized spacial score (nSPS) is 15.0. The quantitative estimate of drug-likeness (QED) is 0.633. The summed E-state index contributed by atoms with van der Waals surface area (Å²) in [6.45, 7) is 3.83. The van der Waals surface area contributed by atoms with Crippen LogP contribution in [0.2, 0.25) is 0 Å². The molecule has 0 aliphatic carbocycles. The van der Waals surface area contributed by atoms with Crippen LogP contribution in [0.5, 0.6) is 5.75 Å². The first-order chi connectivity index (χ1) is 13.7. The molecule has 0 bridgehead atoms. The number of nitrogens with zero attached hydrogens (tertiary/aromatic N) is 4. The SMILES string of the molecule is CCOC(=O)C1CCN(c2nccn3nc(-c4ccc(OC)cc4)cc23)CC1. The van der Waals surface area contributed by atoms with Crippen molar-refractivity contribution in [1.29, 1.82) is 0 Å². The van der Waals surface area contributed by atoms with Gasteiger partial charge in [0.2, 0.25) is 0 Å². The minimum Gasteiger partial charge on any atom is -0.497 e. The van der Waals surface area contributed by atoms with Gasteiger partial charge in [0.25, 0.3) is 0 Å². The third-order valence-corrected chi connectivity index (χ3v) is 5.17. The molecule has 1 aliphatic heterocycles. The van der Waals surface area contributed by atoms with Crippen LogP contribution in [0.3, 0.4) is 0 Å². The van der Waals surface area contributed by atoms with Crippen LogP contribution in [0.1, 0.15) is 19.8 Å². The number of anilines is 1. The van der Waals surface area contributed by atoms with Gasteiger partial charge in [0.05, 0.1) is 25.3 Å². The van der Waals surface area contributed by atoms with Gasteiger partial charge in [0, 0.05) is 31.0 Å². The molecule has 1 aliphatic rings. The van der Waals surface area contributed by atoms with Gasteiger partial charge in [0.1, 0.15) is 11.3 Å². The Balaban J connectivity index is 1.57. The van der Waals surface area contributed by atoms with Crippen LogP contribution in [0, 0.1) is 5.92 Å². The van der Waals surface area contributed by atoms with Crippen LogP contribution in [0.4, 0.5) is 5.82 Å². The molecule has 4 rings (SSSR count). The van der Waals surface area contributed by atoms with Crippen molar-refractivity contribution >= 4 is 17.3 Å². The van der Waals surface area contributed by atoms with Crippen LogP contribution in [0.15, 0.2) is 42.7 Å². The lowest BCUT2D eigenvalue weighted by molar-refractivity contribution is -0.148. The number of piperidine rings is 1. The summed E-state index contributed by atoms with van der Waals surface area (Å²) in [5.74, 6) is 1.62. The van der Waals surface area contributed by atoms with Gasteiger partial charge in [-0.2, -0.15) is 5.10 Å². The van der Waals surface area contributed by atoms with Crippen LogP contribution in [-0.2, 0) is 9.53 Å². The van der Waals surface area contributed by atoms with Gasteiger partial charge in [-0.05, 0) is 50.1 Å². The second kappa shape index (κ2) is 7.88. The minimum atomic E-state index is -0.0838. The summed E-state index contributed by atoms with van der Waals surface area (Å²) in [7, 11) is 1.66.